The van der Waals surface area contributed by atoms with Crippen LogP contribution in [0.3, 0.4) is 0 Å². The summed E-state index contributed by atoms with van der Waals surface area (Å²) < 4.78 is 0. The number of piperidine rings is 1. The monoisotopic (exact) mass is 323 g/mol. The van der Waals surface area contributed by atoms with Gasteiger partial charge in [0.15, 0.2) is 0 Å². The van der Waals surface area contributed by atoms with Crippen molar-refractivity contribution in [1.29, 1.82) is 0 Å². The second-order valence-electron chi connectivity index (χ2n) is 7.16. The molecular formula is C21H29N3. The maximum absolute atomic E-state index is 4.19. The lowest BCUT2D eigenvalue weighted by Crippen LogP contribution is -2.46. The summed E-state index contributed by atoms with van der Waals surface area (Å²) in [5, 5.41) is 7.11. The number of rotatable bonds is 5. The maximum atomic E-state index is 4.19. The number of fused-ring (bicyclic) bond motifs is 1. The van der Waals surface area contributed by atoms with E-state index in [9.17, 15) is 0 Å². The van der Waals surface area contributed by atoms with Gasteiger partial charge < -0.3 is 15.5 Å². The summed E-state index contributed by atoms with van der Waals surface area (Å²) >= 11 is 0. The van der Waals surface area contributed by atoms with E-state index in [4.69, 9.17) is 0 Å². The van der Waals surface area contributed by atoms with Gasteiger partial charge in [0, 0.05) is 31.4 Å². The third kappa shape index (κ3) is 3.35. The summed E-state index contributed by atoms with van der Waals surface area (Å²) in [4.78, 5) is 2.23. The largest absolute Gasteiger partial charge is 0.376 e. The zero-order valence-corrected chi connectivity index (χ0v) is 15.2. The molecule has 3 heteroatoms. The molecule has 128 valence electrons. The molecular weight excluding hydrogens is 294 g/mol. The van der Waals surface area contributed by atoms with Crippen molar-refractivity contribution in [1.82, 2.24) is 15.5 Å². The minimum absolute atomic E-state index is 0.286. The minimum atomic E-state index is 0.286. The summed E-state index contributed by atoms with van der Waals surface area (Å²) in [6.45, 7) is 13.7. The molecule has 3 rings (SSSR count). The average Bonchev–Trinajstić information content (AvgIpc) is 2.88. The first-order valence-electron chi connectivity index (χ1n) is 8.84. The second-order valence-corrected chi connectivity index (χ2v) is 7.16. The fraction of sp³-hybridized carbons (Fsp3) is 0.429. The van der Waals surface area contributed by atoms with Crippen molar-refractivity contribution < 1.29 is 0 Å². The van der Waals surface area contributed by atoms with Crippen molar-refractivity contribution in [2.75, 3.05) is 13.6 Å². The predicted molar refractivity (Wildman–Crippen MR) is 102 cm³/mol. The molecule has 1 fully saturated rings. The quantitative estimate of drug-likeness (QED) is 0.866. The molecule has 1 aromatic carbocycles. The van der Waals surface area contributed by atoms with Gasteiger partial charge in [0.05, 0.1) is 5.82 Å². The molecule has 1 saturated heterocycles. The molecule has 1 aliphatic carbocycles. The van der Waals surface area contributed by atoms with E-state index in [0.29, 0.717) is 6.04 Å². The fourth-order valence-electron chi connectivity index (χ4n) is 3.87. The van der Waals surface area contributed by atoms with Gasteiger partial charge in [0.25, 0.3) is 0 Å². The molecule has 2 atom stereocenters. The topological polar surface area (TPSA) is 27.3 Å². The van der Waals surface area contributed by atoms with E-state index in [1.807, 2.05) is 0 Å². The predicted octanol–water partition coefficient (Wildman–Crippen LogP) is 3.66. The van der Waals surface area contributed by atoms with Crippen LogP contribution in [-0.4, -0.2) is 30.6 Å². The molecule has 0 amide bonds. The highest BCUT2D eigenvalue weighted by Crippen LogP contribution is 2.33. The Morgan fingerprint density at radius 2 is 2.08 bits per heavy atom. The number of likely N-dealkylation sites (tertiary alicyclic amines) is 1. The van der Waals surface area contributed by atoms with E-state index in [2.05, 4.69) is 73.9 Å². The third-order valence-electron chi connectivity index (χ3n) is 5.39. The van der Waals surface area contributed by atoms with Crippen molar-refractivity contribution in [3.8, 4) is 0 Å². The molecule has 24 heavy (non-hydrogen) atoms. The van der Waals surface area contributed by atoms with Crippen LogP contribution in [0.2, 0.25) is 0 Å². The number of likely N-dealkylation sites (N-methyl/N-ethyl adjacent to an activating group) is 1. The number of hydrogen-bond donors (Lipinski definition) is 2. The Morgan fingerprint density at radius 1 is 1.33 bits per heavy atom. The van der Waals surface area contributed by atoms with E-state index < -0.39 is 0 Å². The first-order chi connectivity index (χ1) is 11.5. The molecule has 2 unspecified atom stereocenters. The molecule has 2 N–H and O–H groups in total. The van der Waals surface area contributed by atoms with Gasteiger partial charge in [-0.2, -0.15) is 0 Å². The molecule has 0 saturated carbocycles. The smallest absolute Gasteiger partial charge is 0.0919 e. The van der Waals surface area contributed by atoms with E-state index in [1.54, 1.807) is 0 Å². The van der Waals surface area contributed by atoms with Crippen LogP contribution in [-0.2, 0) is 6.42 Å². The number of nitrogens with zero attached hydrogens (tertiary/aromatic N) is 1. The lowest BCUT2D eigenvalue weighted by molar-refractivity contribution is 0.288. The Hall–Kier alpha value is -2.16. The van der Waals surface area contributed by atoms with Crippen LogP contribution in [0.4, 0.5) is 0 Å². The van der Waals surface area contributed by atoms with E-state index in [1.165, 1.54) is 28.0 Å². The highest BCUT2D eigenvalue weighted by Gasteiger charge is 2.23. The maximum Gasteiger partial charge on any atom is 0.0919 e. The Bertz CT molecular complexity index is 686. The SMILES string of the molecule is C=C(NC1CCC(=C)N(C)C1)NC(C)C1=C(C)c2ccccc2C1. The highest BCUT2D eigenvalue weighted by molar-refractivity contribution is 5.75. The average molecular weight is 323 g/mol. The van der Waals surface area contributed by atoms with Gasteiger partial charge in [-0.15, -0.1) is 0 Å². The second kappa shape index (κ2) is 6.76. The van der Waals surface area contributed by atoms with Crippen LogP contribution in [0.15, 0.2) is 54.5 Å². The van der Waals surface area contributed by atoms with Crippen LogP contribution in [0.1, 0.15) is 37.8 Å². The Balaban J connectivity index is 1.58. The van der Waals surface area contributed by atoms with Crippen LogP contribution in [0, 0.1) is 0 Å². The molecule has 2 aliphatic rings. The van der Waals surface area contributed by atoms with Gasteiger partial charge in [-0.3, -0.25) is 0 Å². The van der Waals surface area contributed by atoms with Gasteiger partial charge in [-0.25, -0.2) is 0 Å². The minimum Gasteiger partial charge on any atom is -0.376 e. The summed E-state index contributed by atoms with van der Waals surface area (Å²) in [5.41, 5.74) is 6.93. The van der Waals surface area contributed by atoms with Crippen LogP contribution in [0.5, 0.6) is 0 Å². The summed E-state index contributed by atoms with van der Waals surface area (Å²) in [5.74, 6) is 0.921. The molecule has 0 bridgehead atoms. The number of nitrogens with one attached hydrogen (secondary N) is 2. The Kier molecular flexibility index (Phi) is 4.70. The van der Waals surface area contributed by atoms with E-state index >= 15 is 0 Å². The number of benzene rings is 1. The molecule has 0 spiro atoms. The van der Waals surface area contributed by atoms with Crippen LogP contribution in [0.25, 0.3) is 5.57 Å². The van der Waals surface area contributed by atoms with Gasteiger partial charge in [-0.1, -0.05) is 37.4 Å². The summed E-state index contributed by atoms with van der Waals surface area (Å²) in [6.07, 6.45) is 3.21. The molecule has 0 radical (unpaired) electrons. The molecule has 0 aromatic heterocycles. The van der Waals surface area contributed by atoms with Gasteiger partial charge in [0.2, 0.25) is 0 Å². The van der Waals surface area contributed by atoms with Crippen molar-refractivity contribution in [2.24, 2.45) is 0 Å². The van der Waals surface area contributed by atoms with E-state index in [-0.39, 0.29) is 6.04 Å². The molecule has 1 heterocycles. The third-order valence-corrected chi connectivity index (χ3v) is 5.39. The van der Waals surface area contributed by atoms with E-state index in [0.717, 1.165) is 31.6 Å². The standard InChI is InChI=1S/C21H29N3/c1-14-10-11-19(13-24(14)5)23-17(4)22-16(3)21-12-18-8-6-7-9-20(18)15(21)2/h6-9,16,19,22-23H,1,4,10-13H2,2-3,5H3. The number of hydrogen-bond acceptors (Lipinski definition) is 3. The fourth-order valence-corrected chi connectivity index (χ4v) is 3.87. The van der Waals surface area contributed by atoms with Crippen LogP contribution < -0.4 is 10.6 Å². The molecule has 1 aliphatic heterocycles. The van der Waals surface area contributed by atoms with Crippen molar-refractivity contribution in [3.63, 3.8) is 0 Å². The van der Waals surface area contributed by atoms with Gasteiger partial charge >= 0.3 is 0 Å². The Labute approximate surface area is 146 Å². The Morgan fingerprint density at radius 3 is 2.79 bits per heavy atom. The lowest BCUT2D eigenvalue weighted by atomic mass is 10.0. The van der Waals surface area contributed by atoms with Crippen LogP contribution >= 0.6 is 0 Å². The summed E-state index contributed by atoms with van der Waals surface area (Å²) in [6, 6.07) is 9.42. The lowest BCUT2D eigenvalue weighted by Gasteiger charge is -2.35. The first kappa shape index (κ1) is 16.7. The van der Waals surface area contributed by atoms with Crippen molar-refractivity contribution >= 4 is 5.57 Å². The highest BCUT2D eigenvalue weighted by atomic mass is 15.2. The molecule has 1 aromatic rings. The first-order valence-corrected chi connectivity index (χ1v) is 8.84. The summed E-state index contributed by atoms with van der Waals surface area (Å²) in [7, 11) is 2.11. The van der Waals surface area contributed by atoms with Crippen molar-refractivity contribution in [3.05, 3.63) is 65.6 Å². The normalized spacial score (nSPS) is 21.5. The number of allylic oxidation sites excluding steroid dienone is 2. The zero-order valence-electron chi connectivity index (χ0n) is 15.2. The zero-order chi connectivity index (χ0) is 17.3. The molecule has 3 nitrogen and oxygen atoms in total. The van der Waals surface area contributed by atoms with Gasteiger partial charge in [-0.05, 0) is 55.4 Å². The van der Waals surface area contributed by atoms with Gasteiger partial charge in [0.1, 0.15) is 0 Å². The van der Waals surface area contributed by atoms with Crippen molar-refractivity contribution in [2.45, 2.75) is 45.2 Å².